The summed E-state index contributed by atoms with van der Waals surface area (Å²) in [7, 11) is 0. The Bertz CT molecular complexity index is 886. The third kappa shape index (κ3) is 3.65. The molecular formula is C22H19ClN2. The van der Waals surface area contributed by atoms with Crippen LogP contribution >= 0.6 is 12.4 Å². The molecule has 1 unspecified atom stereocenters. The predicted octanol–water partition coefficient (Wildman–Crippen LogP) is 5.61. The molecule has 0 N–H and O–H groups in total. The number of halogens is 1. The van der Waals surface area contributed by atoms with Crippen molar-refractivity contribution in [2.75, 3.05) is 0 Å². The van der Waals surface area contributed by atoms with E-state index in [-0.39, 0.29) is 18.4 Å². The van der Waals surface area contributed by atoms with Crippen molar-refractivity contribution >= 4 is 12.4 Å². The van der Waals surface area contributed by atoms with E-state index in [1.807, 2.05) is 30.9 Å². The molecule has 4 rings (SSSR count). The smallest absolute Gasteiger partial charge is 0.0954 e. The van der Waals surface area contributed by atoms with Crippen LogP contribution in [-0.4, -0.2) is 9.55 Å². The first-order valence-electron chi connectivity index (χ1n) is 8.09. The molecule has 3 aromatic carbocycles. The summed E-state index contributed by atoms with van der Waals surface area (Å²) in [5, 5.41) is 0. The first-order valence-corrected chi connectivity index (χ1v) is 8.09. The Morgan fingerprint density at radius 2 is 1.20 bits per heavy atom. The molecule has 0 aliphatic heterocycles. The van der Waals surface area contributed by atoms with E-state index in [4.69, 9.17) is 0 Å². The molecule has 1 heterocycles. The lowest BCUT2D eigenvalue weighted by Crippen LogP contribution is -2.10. The van der Waals surface area contributed by atoms with Crippen molar-refractivity contribution < 1.29 is 0 Å². The van der Waals surface area contributed by atoms with Crippen LogP contribution in [-0.2, 0) is 0 Å². The molecule has 0 amide bonds. The number of imidazole rings is 1. The Balaban J connectivity index is 0.00000182. The minimum Gasteiger partial charge on any atom is -0.326 e. The molecule has 0 saturated heterocycles. The topological polar surface area (TPSA) is 17.8 Å². The Morgan fingerprint density at radius 1 is 0.640 bits per heavy atom. The highest BCUT2D eigenvalue weighted by atomic mass is 35.5. The fourth-order valence-corrected chi connectivity index (χ4v) is 3.08. The molecule has 25 heavy (non-hydrogen) atoms. The Hall–Kier alpha value is -2.84. The Kier molecular flexibility index (Phi) is 5.32. The third-order valence-electron chi connectivity index (χ3n) is 4.27. The predicted molar refractivity (Wildman–Crippen MR) is 105 cm³/mol. The van der Waals surface area contributed by atoms with E-state index in [9.17, 15) is 0 Å². The van der Waals surface area contributed by atoms with E-state index >= 15 is 0 Å². The Morgan fingerprint density at radius 3 is 1.80 bits per heavy atom. The van der Waals surface area contributed by atoms with Gasteiger partial charge in [-0.2, -0.15) is 0 Å². The molecule has 0 aliphatic carbocycles. The minimum atomic E-state index is 0. The maximum absolute atomic E-state index is 4.22. The summed E-state index contributed by atoms with van der Waals surface area (Å²) in [5.41, 5.74) is 4.97. The van der Waals surface area contributed by atoms with Crippen molar-refractivity contribution in [1.29, 1.82) is 0 Å². The zero-order chi connectivity index (χ0) is 16.2. The van der Waals surface area contributed by atoms with Gasteiger partial charge in [0.1, 0.15) is 0 Å². The first-order chi connectivity index (χ1) is 11.9. The van der Waals surface area contributed by atoms with E-state index in [0.29, 0.717) is 0 Å². The molecule has 0 bridgehead atoms. The van der Waals surface area contributed by atoms with Gasteiger partial charge in [-0.05, 0) is 22.3 Å². The molecule has 0 spiro atoms. The first kappa shape index (κ1) is 17.0. The van der Waals surface area contributed by atoms with E-state index in [0.717, 1.165) is 0 Å². The highest BCUT2D eigenvalue weighted by Gasteiger charge is 2.15. The van der Waals surface area contributed by atoms with Crippen molar-refractivity contribution in [2.45, 2.75) is 6.04 Å². The maximum Gasteiger partial charge on any atom is 0.0954 e. The number of benzene rings is 3. The lowest BCUT2D eigenvalue weighted by molar-refractivity contribution is 0.677. The van der Waals surface area contributed by atoms with Gasteiger partial charge in [0.05, 0.1) is 12.4 Å². The van der Waals surface area contributed by atoms with Crippen LogP contribution in [0.4, 0.5) is 0 Å². The van der Waals surface area contributed by atoms with Crippen molar-refractivity contribution in [1.82, 2.24) is 9.55 Å². The summed E-state index contributed by atoms with van der Waals surface area (Å²) in [4.78, 5) is 4.22. The highest BCUT2D eigenvalue weighted by molar-refractivity contribution is 5.85. The van der Waals surface area contributed by atoms with E-state index in [1.54, 1.807) is 0 Å². The summed E-state index contributed by atoms with van der Waals surface area (Å²) < 4.78 is 2.15. The quantitative estimate of drug-likeness (QED) is 0.469. The largest absolute Gasteiger partial charge is 0.326 e. The summed E-state index contributed by atoms with van der Waals surface area (Å²) in [6, 6.07) is 29.9. The van der Waals surface area contributed by atoms with Gasteiger partial charge in [-0.1, -0.05) is 84.9 Å². The molecule has 0 aliphatic rings. The summed E-state index contributed by atoms with van der Waals surface area (Å²) >= 11 is 0. The zero-order valence-electron chi connectivity index (χ0n) is 13.7. The molecule has 124 valence electrons. The van der Waals surface area contributed by atoms with E-state index in [2.05, 4.69) is 82.3 Å². The second-order valence-corrected chi connectivity index (χ2v) is 5.81. The molecule has 4 aromatic rings. The van der Waals surface area contributed by atoms with Crippen molar-refractivity contribution in [3.8, 4) is 11.1 Å². The van der Waals surface area contributed by atoms with E-state index < -0.39 is 0 Å². The van der Waals surface area contributed by atoms with Crippen molar-refractivity contribution in [3.63, 3.8) is 0 Å². The fraction of sp³-hybridized carbons (Fsp3) is 0.0455. The van der Waals surface area contributed by atoms with Crippen LogP contribution in [0.15, 0.2) is 104 Å². The van der Waals surface area contributed by atoms with Gasteiger partial charge in [-0.3, -0.25) is 0 Å². The molecular weight excluding hydrogens is 328 g/mol. The normalized spacial score (nSPS) is 11.5. The lowest BCUT2D eigenvalue weighted by atomic mass is 9.96. The van der Waals surface area contributed by atoms with Gasteiger partial charge in [-0.15, -0.1) is 12.4 Å². The molecule has 1 atom stereocenters. The maximum atomic E-state index is 4.22. The van der Waals surface area contributed by atoms with Gasteiger partial charge in [0, 0.05) is 12.4 Å². The average Bonchev–Trinajstić information content (AvgIpc) is 3.18. The number of aromatic nitrogens is 2. The average molecular weight is 347 g/mol. The highest BCUT2D eigenvalue weighted by Crippen LogP contribution is 2.28. The van der Waals surface area contributed by atoms with Gasteiger partial charge in [0.15, 0.2) is 0 Å². The number of nitrogens with zero attached hydrogens (tertiary/aromatic N) is 2. The van der Waals surface area contributed by atoms with Crippen molar-refractivity contribution in [2.24, 2.45) is 0 Å². The van der Waals surface area contributed by atoms with Crippen LogP contribution in [0.1, 0.15) is 17.2 Å². The van der Waals surface area contributed by atoms with Crippen LogP contribution in [0.2, 0.25) is 0 Å². The number of hydrogen-bond acceptors (Lipinski definition) is 1. The standard InChI is InChI=1S/C22H18N2.ClH/c1-3-7-18(8-4-1)19-11-13-21(14-12-19)22(24-16-15-23-17-24)20-9-5-2-6-10-20;/h1-17,22H;1H. The zero-order valence-corrected chi connectivity index (χ0v) is 14.5. The molecule has 3 heteroatoms. The minimum absolute atomic E-state index is 0. The third-order valence-corrected chi connectivity index (χ3v) is 4.27. The van der Waals surface area contributed by atoms with E-state index in [1.165, 1.54) is 22.3 Å². The lowest BCUT2D eigenvalue weighted by Gasteiger charge is -2.20. The Labute approximate surface area is 154 Å². The van der Waals surface area contributed by atoms with Crippen LogP contribution in [0.25, 0.3) is 11.1 Å². The second kappa shape index (κ2) is 7.82. The number of rotatable bonds is 4. The molecule has 2 nitrogen and oxygen atoms in total. The van der Waals surface area contributed by atoms with Crippen LogP contribution in [0.5, 0.6) is 0 Å². The SMILES string of the molecule is Cl.c1ccc(-c2ccc(C(c3ccccc3)n3ccnc3)cc2)cc1. The summed E-state index contributed by atoms with van der Waals surface area (Å²) in [5.74, 6) is 0. The van der Waals surface area contributed by atoms with Crippen LogP contribution in [0, 0.1) is 0 Å². The van der Waals surface area contributed by atoms with Gasteiger partial charge >= 0.3 is 0 Å². The monoisotopic (exact) mass is 346 g/mol. The van der Waals surface area contributed by atoms with Crippen LogP contribution in [0.3, 0.4) is 0 Å². The van der Waals surface area contributed by atoms with Gasteiger partial charge in [-0.25, -0.2) is 4.98 Å². The van der Waals surface area contributed by atoms with Gasteiger partial charge in [0.25, 0.3) is 0 Å². The molecule has 1 aromatic heterocycles. The molecule has 0 saturated carbocycles. The van der Waals surface area contributed by atoms with Gasteiger partial charge < -0.3 is 4.57 Å². The molecule has 0 radical (unpaired) electrons. The summed E-state index contributed by atoms with van der Waals surface area (Å²) in [6.45, 7) is 0. The fourth-order valence-electron chi connectivity index (χ4n) is 3.08. The van der Waals surface area contributed by atoms with Gasteiger partial charge in [0.2, 0.25) is 0 Å². The summed E-state index contributed by atoms with van der Waals surface area (Å²) in [6.07, 6.45) is 5.72. The van der Waals surface area contributed by atoms with Crippen molar-refractivity contribution in [3.05, 3.63) is 115 Å². The number of hydrogen-bond donors (Lipinski definition) is 0. The molecule has 0 fully saturated rings. The second-order valence-electron chi connectivity index (χ2n) is 5.81. The van der Waals surface area contributed by atoms with Crippen LogP contribution < -0.4 is 0 Å².